The number of rotatable bonds is 5. The van der Waals surface area contributed by atoms with E-state index in [0.717, 1.165) is 11.3 Å². The number of amides is 1. The van der Waals surface area contributed by atoms with Gasteiger partial charge in [0.1, 0.15) is 5.25 Å². The zero-order valence-corrected chi connectivity index (χ0v) is 15.4. The Kier molecular flexibility index (Phi) is 6.12. The van der Waals surface area contributed by atoms with Crippen molar-refractivity contribution in [2.24, 2.45) is 0 Å². The highest BCUT2D eigenvalue weighted by atomic mass is 32.2. The van der Waals surface area contributed by atoms with E-state index in [1.165, 1.54) is 30.5 Å². The monoisotopic (exact) mass is 371 g/mol. The van der Waals surface area contributed by atoms with Crippen LogP contribution in [0.1, 0.15) is 11.1 Å². The molecule has 0 spiro atoms. The van der Waals surface area contributed by atoms with Crippen LogP contribution < -0.4 is 0 Å². The summed E-state index contributed by atoms with van der Waals surface area (Å²) in [6.07, 6.45) is 6.93. The molecule has 1 aliphatic heterocycles. The molecule has 0 aliphatic carbocycles. The van der Waals surface area contributed by atoms with Crippen molar-refractivity contribution < 1.29 is 14.3 Å². The molecule has 1 aromatic carbocycles. The molecule has 0 radical (unpaired) electrons. The molecule has 1 aliphatic rings. The lowest BCUT2D eigenvalue weighted by Crippen LogP contribution is -2.44. The van der Waals surface area contributed by atoms with E-state index in [9.17, 15) is 9.59 Å². The number of aromatic nitrogens is 2. The van der Waals surface area contributed by atoms with Crippen molar-refractivity contribution in [3.05, 3.63) is 59.9 Å². The van der Waals surface area contributed by atoms with E-state index in [2.05, 4.69) is 5.10 Å². The molecule has 7 heteroatoms. The topological polar surface area (TPSA) is 64.4 Å². The van der Waals surface area contributed by atoms with Gasteiger partial charge in [-0.05, 0) is 11.6 Å². The Labute approximate surface area is 156 Å². The maximum Gasteiger partial charge on any atom is 0.320 e. The molecule has 0 unspecified atom stereocenters. The number of hydrogen-bond donors (Lipinski definition) is 0. The minimum Gasteiger partial charge on any atom is -0.468 e. The van der Waals surface area contributed by atoms with Gasteiger partial charge in [0.15, 0.2) is 0 Å². The molecule has 136 valence electrons. The van der Waals surface area contributed by atoms with Gasteiger partial charge in [-0.1, -0.05) is 30.3 Å². The maximum atomic E-state index is 12.4. The number of carbonyl (C=O) groups excluding carboxylic acids is 2. The molecule has 3 rings (SSSR count). The number of nitrogens with zero attached hydrogens (tertiary/aromatic N) is 3. The number of ether oxygens (including phenoxy) is 1. The van der Waals surface area contributed by atoms with E-state index < -0.39 is 0 Å². The lowest BCUT2D eigenvalue weighted by Gasteiger charge is -2.30. The Hall–Kier alpha value is -2.54. The van der Waals surface area contributed by atoms with E-state index in [0.29, 0.717) is 19.6 Å². The van der Waals surface area contributed by atoms with Crippen molar-refractivity contribution in [2.75, 3.05) is 26.0 Å². The first-order valence-electron chi connectivity index (χ1n) is 8.38. The molecule has 1 atom stereocenters. The number of thioether (sulfide) groups is 1. The third kappa shape index (κ3) is 4.76. The summed E-state index contributed by atoms with van der Waals surface area (Å²) in [5.74, 6) is 0.350. The van der Waals surface area contributed by atoms with Crippen molar-refractivity contribution in [3.63, 3.8) is 0 Å². The number of hydrogen-bond acceptors (Lipinski definition) is 5. The second-order valence-electron chi connectivity index (χ2n) is 5.96. The van der Waals surface area contributed by atoms with Crippen molar-refractivity contribution in [1.29, 1.82) is 0 Å². The Morgan fingerprint density at radius 2 is 2.15 bits per heavy atom. The van der Waals surface area contributed by atoms with Crippen LogP contribution >= 0.6 is 11.8 Å². The first kappa shape index (κ1) is 18.3. The van der Waals surface area contributed by atoms with Gasteiger partial charge < -0.3 is 9.64 Å². The Morgan fingerprint density at radius 1 is 1.35 bits per heavy atom. The minimum atomic E-state index is -0.306. The van der Waals surface area contributed by atoms with E-state index in [4.69, 9.17) is 4.74 Å². The van der Waals surface area contributed by atoms with Crippen molar-refractivity contribution in [1.82, 2.24) is 14.7 Å². The molecular formula is C19H21N3O3S. The Balaban J connectivity index is 1.57. The van der Waals surface area contributed by atoms with Crippen LogP contribution in [-0.4, -0.2) is 57.8 Å². The molecule has 0 N–H and O–H groups in total. The molecule has 0 bridgehead atoms. The van der Waals surface area contributed by atoms with Crippen molar-refractivity contribution in [2.45, 2.75) is 11.8 Å². The summed E-state index contributed by atoms with van der Waals surface area (Å²) in [4.78, 5) is 25.7. The van der Waals surface area contributed by atoms with Crippen LogP contribution in [0, 0.1) is 0 Å². The SMILES string of the molecule is COC(=O)[C@@H]1CN(C(=O)/C=C/c2cnn(Cc3ccccc3)c2)CCS1. The molecule has 1 fully saturated rings. The van der Waals surface area contributed by atoms with Gasteiger partial charge in [-0.3, -0.25) is 14.3 Å². The van der Waals surface area contributed by atoms with Gasteiger partial charge in [-0.2, -0.15) is 5.10 Å². The smallest absolute Gasteiger partial charge is 0.320 e. The fraction of sp³-hybridized carbons (Fsp3) is 0.316. The summed E-state index contributed by atoms with van der Waals surface area (Å²) in [7, 11) is 1.37. The van der Waals surface area contributed by atoms with Gasteiger partial charge in [0, 0.05) is 36.7 Å². The highest BCUT2D eigenvalue weighted by Gasteiger charge is 2.28. The number of esters is 1. The van der Waals surface area contributed by atoms with Gasteiger partial charge in [0.05, 0.1) is 19.9 Å². The second-order valence-corrected chi connectivity index (χ2v) is 7.27. The standard InChI is InChI=1S/C19H21N3O3S/c1-25-19(24)17-14-21(9-10-26-17)18(23)8-7-16-11-20-22(13-16)12-15-5-3-2-4-6-15/h2-8,11,13,17H,9-10,12,14H2,1H3/b8-7+/t17-/m0/s1. The van der Waals surface area contributed by atoms with Crippen LogP contribution in [-0.2, 0) is 20.9 Å². The molecule has 1 amide bonds. The van der Waals surface area contributed by atoms with Crippen LogP contribution in [0.2, 0.25) is 0 Å². The second kappa shape index (κ2) is 8.71. The first-order chi connectivity index (χ1) is 12.7. The molecule has 6 nitrogen and oxygen atoms in total. The van der Waals surface area contributed by atoms with Gasteiger partial charge >= 0.3 is 5.97 Å². The first-order valence-corrected chi connectivity index (χ1v) is 9.43. The zero-order chi connectivity index (χ0) is 18.4. The summed E-state index contributed by atoms with van der Waals surface area (Å²) >= 11 is 1.53. The average molecular weight is 371 g/mol. The summed E-state index contributed by atoms with van der Waals surface area (Å²) in [6, 6.07) is 10.1. The lowest BCUT2D eigenvalue weighted by atomic mass is 10.2. The van der Waals surface area contributed by atoms with Crippen LogP contribution in [0.15, 0.2) is 48.8 Å². The molecule has 0 saturated carbocycles. The molecule has 26 heavy (non-hydrogen) atoms. The van der Waals surface area contributed by atoms with Crippen LogP contribution in [0.3, 0.4) is 0 Å². The van der Waals surface area contributed by atoms with E-state index in [-0.39, 0.29) is 17.1 Å². The zero-order valence-electron chi connectivity index (χ0n) is 14.6. The summed E-state index contributed by atoms with van der Waals surface area (Å²) in [6.45, 7) is 1.70. The summed E-state index contributed by atoms with van der Waals surface area (Å²) < 4.78 is 6.61. The number of methoxy groups -OCH3 is 1. The highest BCUT2D eigenvalue weighted by molar-refractivity contribution is 8.00. The molecule has 1 saturated heterocycles. The normalized spacial score (nSPS) is 17.4. The van der Waals surface area contributed by atoms with Crippen molar-refractivity contribution >= 4 is 29.7 Å². The van der Waals surface area contributed by atoms with Crippen LogP contribution in [0.4, 0.5) is 0 Å². The Bertz CT molecular complexity index is 788. The van der Waals surface area contributed by atoms with Crippen LogP contribution in [0.25, 0.3) is 6.08 Å². The largest absolute Gasteiger partial charge is 0.468 e. The lowest BCUT2D eigenvalue weighted by molar-refractivity contribution is -0.140. The molecular weight excluding hydrogens is 350 g/mol. The fourth-order valence-electron chi connectivity index (χ4n) is 2.72. The quantitative estimate of drug-likeness (QED) is 0.595. The minimum absolute atomic E-state index is 0.102. The van der Waals surface area contributed by atoms with Gasteiger partial charge in [0.2, 0.25) is 5.91 Å². The average Bonchev–Trinajstić information content (AvgIpc) is 3.13. The predicted molar refractivity (Wildman–Crippen MR) is 102 cm³/mol. The van der Waals surface area contributed by atoms with Gasteiger partial charge in [0.25, 0.3) is 0 Å². The van der Waals surface area contributed by atoms with Crippen molar-refractivity contribution in [3.8, 4) is 0 Å². The highest BCUT2D eigenvalue weighted by Crippen LogP contribution is 2.20. The van der Waals surface area contributed by atoms with E-state index >= 15 is 0 Å². The maximum absolute atomic E-state index is 12.4. The number of carbonyl (C=O) groups is 2. The summed E-state index contributed by atoms with van der Waals surface area (Å²) in [5, 5.41) is 4.02. The number of benzene rings is 1. The molecule has 2 heterocycles. The van der Waals surface area contributed by atoms with E-state index in [1.54, 1.807) is 17.2 Å². The Morgan fingerprint density at radius 3 is 2.92 bits per heavy atom. The van der Waals surface area contributed by atoms with Gasteiger partial charge in [-0.25, -0.2) is 0 Å². The molecule has 1 aromatic heterocycles. The predicted octanol–water partition coefficient (Wildman–Crippen LogP) is 2.06. The third-order valence-corrected chi connectivity index (χ3v) is 5.26. The van der Waals surface area contributed by atoms with Gasteiger partial charge in [-0.15, -0.1) is 11.8 Å². The summed E-state index contributed by atoms with van der Waals surface area (Å²) in [5.41, 5.74) is 2.03. The fourth-order valence-corrected chi connectivity index (χ4v) is 3.85. The van der Waals surface area contributed by atoms with E-state index in [1.807, 2.05) is 41.2 Å². The van der Waals surface area contributed by atoms with Crippen LogP contribution in [0.5, 0.6) is 0 Å². The molecule has 2 aromatic rings. The third-order valence-electron chi connectivity index (χ3n) is 4.10.